The number of esters is 1. The third kappa shape index (κ3) is 5.28. The number of nitrogens with one attached hydrogen (secondary N) is 1. The van der Waals surface area contributed by atoms with E-state index in [1.807, 2.05) is 11.8 Å². The van der Waals surface area contributed by atoms with E-state index < -0.39 is 17.8 Å². The number of amides is 3. The van der Waals surface area contributed by atoms with Crippen molar-refractivity contribution >= 4 is 46.7 Å². The highest BCUT2D eigenvalue weighted by Gasteiger charge is 2.39. The Labute approximate surface area is 214 Å². The maximum absolute atomic E-state index is 13.1. The van der Waals surface area contributed by atoms with Gasteiger partial charge in [0.25, 0.3) is 17.7 Å². The van der Waals surface area contributed by atoms with Gasteiger partial charge in [0.2, 0.25) is 0 Å². The third-order valence-corrected chi connectivity index (χ3v) is 6.52. The van der Waals surface area contributed by atoms with Crippen LogP contribution in [0.4, 0.5) is 11.4 Å². The van der Waals surface area contributed by atoms with E-state index in [0.29, 0.717) is 35.8 Å². The fraction of sp³-hybridized carbons (Fsp3) is 0.333. The number of nitrogens with zero attached hydrogens (tertiary/aromatic N) is 2. The molecule has 1 saturated heterocycles. The summed E-state index contributed by atoms with van der Waals surface area (Å²) < 4.78 is 5.10. The summed E-state index contributed by atoms with van der Waals surface area (Å²) in [6.07, 6.45) is 2.83. The highest BCUT2D eigenvalue weighted by atomic mass is 35.5. The minimum Gasteiger partial charge on any atom is -0.462 e. The van der Waals surface area contributed by atoms with Gasteiger partial charge in [-0.15, -0.1) is 0 Å². The van der Waals surface area contributed by atoms with Crippen molar-refractivity contribution in [2.75, 3.05) is 29.9 Å². The SMILES string of the molecule is CCCOC(=O)c1ccc(N2C(=O)C(Cl)=C(Nc3ccc(C(=O)N4CCCC(C)C4)cc3)C2=O)cc1. The molecule has 1 N–H and O–H groups in total. The molecule has 188 valence electrons. The molecule has 2 aliphatic heterocycles. The van der Waals surface area contributed by atoms with Crippen LogP contribution in [0.3, 0.4) is 0 Å². The lowest BCUT2D eigenvalue weighted by Crippen LogP contribution is -2.39. The quantitative estimate of drug-likeness (QED) is 0.434. The summed E-state index contributed by atoms with van der Waals surface area (Å²) in [5.41, 5.74) is 1.62. The van der Waals surface area contributed by atoms with Crippen molar-refractivity contribution in [2.45, 2.75) is 33.1 Å². The molecule has 1 unspecified atom stereocenters. The van der Waals surface area contributed by atoms with Gasteiger partial charge in [-0.3, -0.25) is 14.4 Å². The number of rotatable bonds is 7. The number of likely N-dealkylation sites (tertiary alicyclic amines) is 1. The lowest BCUT2D eigenvalue weighted by molar-refractivity contribution is -0.120. The van der Waals surface area contributed by atoms with Crippen LogP contribution in [-0.2, 0) is 14.3 Å². The molecule has 9 heteroatoms. The van der Waals surface area contributed by atoms with Gasteiger partial charge < -0.3 is 15.0 Å². The number of carbonyl (C=O) groups is 4. The first-order chi connectivity index (χ1) is 17.3. The van der Waals surface area contributed by atoms with Crippen molar-refractivity contribution in [3.05, 3.63) is 70.4 Å². The van der Waals surface area contributed by atoms with Crippen molar-refractivity contribution in [3.63, 3.8) is 0 Å². The molecule has 8 nitrogen and oxygen atoms in total. The molecule has 0 spiro atoms. The molecule has 1 atom stereocenters. The number of hydrogen-bond donors (Lipinski definition) is 1. The minimum absolute atomic E-state index is 0.0225. The van der Waals surface area contributed by atoms with Crippen LogP contribution in [0.15, 0.2) is 59.3 Å². The van der Waals surface area contributed by atoms with E-state index >= 15 is 0 Å². The van der Waals surface area contributed by atoms with Gasteiger partial charge in [-0.2, -0.15) is 0 Å². The Bertz CT molecular complexity index is 1210. The molecule has 0 radical (unpaired) electrons. The number of halogens is 1. The first-order valence-electron chi connectivity index (χ1n) is 12.0. The van der Waals surface area contributed by atoms with E-state index in [1.54, 1.807) is 24.3 Å². The van der Waals surface area contributed by atoms with Gasteiger partial charge in [0, 0.05) is 24.3 Å². The second kappa shape index (κ2) is 11.0. The van der Waals surface area contributed by atoms with Crippen LogP contribution in [0.5, 0.6) is 0 Å². The van der Waals surface area contributed by atoms with Crippen molar-refractivity contribution < 1.29 is 23.9 Å². The molecule has 2 heterocycles. The van der Waals surface area contributed by atoms with Gasteiger partial charge in [-0.1, -0.05) is 25.4 Å². The minimum atomic E-state index is -0.670. The van der Waals surface area contributed by atoms with Crippen LogP contribution < -0.4 is 10.2 Å². The van der Waals surface area contributed by atoms with Crippen LogP contribution in [-0.4, -0.2) is 48.3 Å². The van der Waals surface area contributed by atoms with E-state index in [-0.39, 0.29) is 22.3 Å². The van der Waals surface area contributed by atoms with E-state index in [1.165, 1.54) is 24.3 Å². The summed E-state index contributed by atoms with van der Waals surface area (Å²) in [6.45, 7) is 5.84. The molecule has 36 heavy (non-hydrogen) atoms. The van der Waals surface area contributed by atoms with Crippen molar-refractivity contribution in [1.29, 1.82) is 0 Å². The second-order valence-corrected chi connectivity index (χ2v) is 9.40. The van der Waals surface area contributed by atoms with E-state index in [2.05, 4.69) is 12.2 Å². The maximum atomic E-state index is 13.1. The zero-order chi connectivity index (χ0) is 25.8. The Hall–Kier alpha value is -3.65. The van der Waals surface area contributed by atoms with Gasteiger partial charge in [0.1, 0.15) is 10.7 Å². The number of benzene rings is 2. The van der Waals surface area contributed by atoms with Crippen LogP contribution in [0, 0.1) is 5.92 Å². The molecule has 0 saturated carbocycles. The van der Waals surface area contributed by atoms with Crippen LogP contribution in [0.1, 0.15) is 53.8 Å². The van der Waals surface area contributed by atoms with Gasteiger partial charge in [0.05, 0.1) is 17.9 Å². The second-order valence-electron chi connectivity index (χ2n) is 9.02. The van der Waals surface area contributed by atoms with Crippen LogP contribution >= 0.6 is 11.6 Å². The molecule has 0 aliphatic carbocycles. The summed E-state index contributed by atoms with van der Waals surface area (Å²) in [4.78, 5) is 53.4. The molecule has 2 aromatic rings. The highest BCUT2D eigenvalue weighted by molar-refractivity contribution is 6.53. The van der Waals surface area contributed by atoms with Crippen molar-refractivity contribution in [1.82, 2.24) is 4.90 Å². The van der Waals surface area contributed by atoms with Crippen LogP contribution in [0.2, 0.25) is 0 Å². The van der Waals surface area contributed by atoms with Crippen molar-refractivity contribution in [3.8, 4) is 0 Å². The largest absolute Gasteiger partial charge is 0.462 e. The van der Waals surface area contributed by atoms with Gasteiger partial charge in [-0.05, 0) is 73.7 Å². The molecule has 2 aliphatic rings. The average Bonchev–Trinajstić information content (AvgIpc) is 3.10. The smallest absolute Gasteiger partial charge is 0.338 e. The highest BCUT2D eigenvalue weighted by Crippen LogP contribution is 2.30. The predicted molar refractivity (Wildman–Crippen MR) is 137 cm³/mol. The monoisotopic (exact) mass is 509 g/mol. The average molecular weight is 510 g/mol. The third-order valence-electron chi connectivity index (χ3n) is 6.17. The fourth-order valence-electron chi connectivity index (χ4n) is 4.27. The maximum Gasteiger partial charge on any atom is 0.338 e. The zero-order valence-electron chi connectivity index (χ0n) is 20.3. The van der Waals surface area contributed by atoms with Gasteiger partial charge in [-0.25, -0.2) is 9.69 Å². The van der Waals surface area contributed by atoms with E-state index in [9.17, 15) is 19.2 Å². The molecular weight excluding hydrogens is 482 g/mol. The zero-order valence-corrected chi connectivity index (χ0v) is 21.0. The number of piperidine rings is 1. The standard InChI is InChI=1S/C27H28ClN3O5/c1-3-15-36-27(35)19-8-12-21(13-9-19)31-25(33)22(28)23(26(31)34)29-20-10-6-18(7-11-20)24(32)30-14-4-5-17(2)16-30/h6-13,17,29H,3-5,14-16H2,1-2H3. The lowest BCUT2D eigenvalue weighted by Gasteiger charge is -2.31. The first kappa shape index (κ1) is 25.4. The lowest BCUT2D eigenvalue weighted by atomic mass is 9.99. The first-order valence-corrected chi connectivity index (χ1v) is 12.4. The Morgan fingerprint density at radius 2 is 1.69 bits per heavy atom. The molecular formula is C27H28ClN3O5. The number of imide groups is 1. The fourth-order valence-corrected chi connectivity index (χ4v) is 4.48. The summed E-state index contributed by atoms with van der Waals surface area (Å²) in [7, 11) is 0. The number of carbonyl (C=O) groups excluding carboxylic acids is 4. The summed E-state index contributed by atoms with van der Waals surface area (Å²) >= 11 is 6.22. The van der Waals surface area contributed by atoms with E-state index in [0.717, 1.165) is 30.8 Å². The van der Waals surface area contributed by atoms with Gasteiger partial charge >= 0.3 is 5.97 Å². The Kier molecular flexibility index (Phi) is 7.74. The summed E-state index contributed by atoms with van der Waals surface area (Å²) in [5, 5.41) is 2.67. The van der Waals surface area contributed by atoms with Crippen molar-refractivity contribution in [2.24, 2.45) is 5.92 Å². The number of hydrogen-bond acceptors (Lipinski definition) is 6. The molecule has 2 aromatic carbocycles. The number of anilines is 2. The predicted octanol–water partition coefficient (Wildman–Crippen LogP) is 4.56. The Morgan fingerprint density at radius 3 is 2.33 bits per heavy atom. The Balaban J connectivity index is 1.44. The molecule has 1 fully saturated rings. The van der Waals surface area contributed by atoms with Crippen LogP contribution in [0.25, 0.3) is 0 Å². The molecule has 0 bridgehead atoms. The summed E-state index contributed by atoms with van der Waals surface area (Å²) in [6, 6.07) is 12.7. The molecule has 3 amide bonds. The number of ether oxygens (including phenoxy) is 1. The summed E-state index contributed by atoms with van der Waals surface area (Å²) in [5.74, 6) is -1.30. The Morgan fingerprint density at radius 1 is 1.03 bits per heavy atom. The van der Waals surface area contributed by atoms with E-state index in [4.69, 9.17) is 16.3 Å². The normalized spacial score (nSPS) is 18.0. The molecule has 4 rings (SSSR count). The van der Waals surface area contributed by atoms with Gasteiger partial charge in [0.15, 0.2) is 0 Å². The topological polar surface area (TPSA) is 96.0 Å². The molecule has 0 aromatic heterocycles.